The number of cyclic esters (lactones) is 3. The number of amides is 3. The summed E-state index contributed by atoms with van der Waals surface area (Å²) in [7, 11) is 2.86. The molecule has 0 unspecified atom stereocenters. The lowest BCUT2D eigenvalue weighted by Crippen LogP contribution is -2.56. The van der Waals surface area contributed by atoms with E-state index in [4.69, 9.17) is 14.2 Å². The third-order valence-corrected chi connectivity index (χ3v) is 9.89. The van der Waals surface area contributed by atoms with Crippen molar-refractivity contribution in [1.29, 1.82) is 0 Å². The maximum atomic E-state index is 14.4. The van der Waals surface area contributed by atoms with Gasteiger partial charge in [-0.15, -0.1) is 0 Å². The molecule has 3 amide bonds. The monoisotopic (exact) mass is 769 g/mol. The van der Waals surface area contributed by atoms with E-state index in [0.717, 1.165) is 5.56 Å². The molecule has 3 aromatic rings. The van der Waals surface area contributed by atoms with Gasteiger partial charge in [0.15, 0.2) is 18.3 Å². The average molecular weight is 770 g/mol. The Morgan fingerprint density at radius 2 is 0.804 bits per heavy atom. The van der Waals surface area contributed by atoms with Crippen molar-refractivity contribution in [2.75, 3.05) is 14.1 Å². The minimum absolute atomic E-state index is 0.00639. The van der Waals surface area contributed by atoms with E-state index in [1.54, 1.807) is 114 Å². The first kappa shape index (κ1) is 43.2. The first-order valence-corrected chi connectivity index (χ1v) is 19.2. The Labute approximate surface area is 329 Å². The summed E-state index contributed by atoms with van der Waals surface area (Å²) in [5, 5.41) is 2.74. The topological polar surface area (TPSA) is 149 Å². The number of nitrogens with one attached hydrogen (secondary N) is 1. The van der Waals surface area contributed by atoms with Gasteiger partial charge in [0.25, 0.3) is 17.7 Å². The van der Waals surface area contributed by atoms with Crippen LogP contribution in [0.2, 0.25) is 0 Å². The number of likely N-dealkylation sites (N-methyl/N-ethyl adjacent to an activating group) is 2. The van der Waals surface area contributed by atoms with Gasteiger partial charge in [0.1, 0.15) is 18.1 Å². The minimum atomic E-state index is -1.37. The number of carbonyl (C=O) groups excluding carboxylic acids is 6. The fourth-order valence-corrected chi connectivity index (χ4v) is 6.49. The average Bonchev–Trinajstić information content (AvgIpc) is 3.18. The number of esters is 3. The third-order valence-electron chi connectivity index (χ3n) is 9.89. The Bertz CT molecular complexity index is 1800. The lowest BCUT2D eigenvalue weighted by molar-refractivity contribution is -0.176. The second-order valence-electron chi connectivity index (χ2n) is 15.4. The lowest BCUT2D eigenvalue weighted by Gasteiger charge is -2.35. The van der Waals surface area contributed by atoms with E-state index in [-0.39, 0.29) is 19.3 Å². The summed E-state index contributed by atoms with van der Waals surface area (Å²) in [6.45, 7) is 10.2. The van der Waals surface area contributed by atoms with Crippen LogP contribution in [0.3, 0.4) is 0 Å². The maximum absolute atomic E-state index is 14.4. The van der Waals surface area contributed by atoms with Crippen LogP contribution in [0.4, 0.5) is 0 Å². The van der Waals surface area contributed by atoms with Gasteiger partial charge in [-0.3, -0.25) is 14.4 Å². The minimum Gasteiger partial charge on any atom is -0.450 e. The highest BCUT2D eigenvalue weighted by Gasteiger charge is 2.42. The standard InChI is InChI=1S/C44H55N3O9/c1-27(2)36-39(48)45-33(24-30-18-12-9-13-19-30)42(51)55-37(28(3)4)40(49)47(8)35(26-32-22-16-11-17-23-32)44(53)56-38(29(5)6)41(50)46(7)34(43(52)54-36)25-31-20-14-10-15-21-31/h9-23,27-29,33-38H,24-26H2,1-8H3,(H,45,48)/t33-,34-,35-,36+,37+,38+/m0/s1. The molecule has 0 bridgehead atoms. The molecule has 1 aliphatic heterocycles. The quantitative estimate of drug-likeness (QED) is 0.244. The van der Waals surface area contributed by atoms with Crippen molar-refractivity contribution < 1.29 is 43.0 Å². The van der Waals surface area contributed by atoms with Crippen molar-refractivity contribution in [2.45, 2.75) is 97.2 Å². The first-order chi connectivity index (χ1) is 26.6. The van der Waals surface area contributed by atoms with Crippen molar-refractivity contribution in [1.82, 2.24) is 15.1 Å². The van der Waals surface area contributed by atoms with Crippen molar-refractivity contribution in [3.05, 3.63) is 108 Å². The molecule has 56 heavy (non-hydrogen) atoms. The van der Waals surface area contributed by atoms with Crippen LogP contribution in [0.5, 0.6) is 0 Å². The van der Waals surface area contributed by atoms with Gasteiger partial charge in [-0.25, -0.2) is 14.4 Å². The summed E-state index contributed by atoms with van der Waals surface area (Å²) in [6.07, 6.45) is -4.03. The van der Waals surface area contributed by atoms with E-state index in [0.29, 0.717) is 11.1 Å². The number of nitrogens with zero attached hydrogens (tertiary/aromatic N) is 2. The first-order valence-electron chi connectivity index (χ1n) is 19.2. The number of hydrogen-bond acceptors (Lipinski definition) is 9. The predicted molar refractivity (Wildman–Crippen MR) is 210 cm³/mol. The van der Waals surface area contributed by atoms with E-state index in [2.05, 4.69) is 5.32 Å². The molecular formula is C44H55N3O9. The van der Waals surface area contributed by atoms with Gasteiger partial charge in [-0.2, -0.15) is 0 Å². The second kappa shape index (κ2) is 19.9. The SMILES string of the molecule is CC(C)[C@H]1OC(=O)[C@H](Cc2ccccc2)N(C)C(=O)[C@@H](C(C)C)OC(=O)[C@H](Cc2ccccc2)N(C)C(=O)[C@@H](C(C)C)OC(=O)[C@H](Cc2ccccc2)NC1=O. The Balaban J connectivity index is 1.85. The Kier molecular flexibility index (Phi) is 15.3. The van der Waals surface area contributed by atoms with Gasteiger partial charge in [0.05, 0.1) is 0 Å². The number of carbonyl (C=O) groups is 6. The maximum Gasteiger partial charge on any atom is 0.329 e. The van der Waals surface area contributed by atoms with Crippen LogP contribution in [0.15, 0.2) is 91.0 Å². The summed E-state index contributed by atoms with van der Waals surface area (Å²) < 4.78 is 17.9. The lowest BCUT2D eigenvalue weighted by atomic mass is 9.99. The Morgan fingerprint density at radius 3 is 1.16 bits per heavy atom. The van der Waals surface area contributed by atoms with Crippen LogP contribution in [-0.4, -0.2) is 96.0 Å². The zero-order valence-corrected chi connectivity index (χ0v) is 33.5. The largest absolute Gasteiger partial charge is 0.450 e. The van der Waals surface area contributed by atoms with Crippen LogP contribution >= 0.6 is 0 Å². The summed E-state index contributed by atoms with van der Waals surface area (Å²) in [5.74, 6) is -6.33. The molecule has 1 aliphatic rings. The molecule has 3 aromatic carbocycles. The van der Waals surface area contributed by atoms with Crippen LogP contribution in [0, 0.1) is 17.8 Å². The highest BCUT2D eigenvalue weighted by molar-refractivity contribution is 5.94. The molecule has 1 heterocycles. The van der Waals surface area contributed by atoms with Crippen LogP contribution in [-0.2, 0) is 62.2 Å². The van der Waals surface area contributed by atoms with E-state index < -0.39 is 89.8 Å². The zero-order chi connectivity index (χ0) is 41.1. The van der Waals surface area contributed by atoms with E-state index in [9.17, 15) is 28.8 Å². The van der Waals surface area contributed by atoms with Crippen molar-refractivity contribution in [3.63, 3.8) is 0 Å². The van der Waals surface area contributed by atoms with Gasteiger partial charge >= 0.3 is 17.9 Å². The molecule has 0 spiro atoms. The molecule has 0 radical (unpaired) electrons. The molecule has 300 valence electrons. The van der Waals surface area contributed by atoms with Crippen molar-refractivity contribution in [2.24, 2.45) is 17.8 Å². The highest BCUT2D eigenvalue weighted by Crippen LogP contribution is 2.22. The molecule has 1 saturated heterocycles. The molecule has 0 aliphatic carbocycles. The van der Waals surface area contributed by atoms with E-state index in [1.165, 1.54) is 23.9 Å². The normalized spacial score (nSPS) is 23.7. The molecular weight excluding hydrogens is 714 g/mol. The molecule has 12 nitrogen and oxygen atoms in total. The Morgan fingerprint density at radius 1 is 0.482 bits per heavy atom. The summed E-state index contributed by atoms with van der Waals surface area (Å²) >= 11 is 0. The van der Waals surface area contributed by atoms with Gasteiger partial charge in [-0.05, 0) is 34.4 Å². The molecule has 6 atom stereocenters. The third kappa shape index (κ3) is 11.3. The number of hydrogen-bond donors (Lipinski definition) is 1. The fourth-order valence-electron chi connectivity index (χ4n) is 6.49. The Hall–Kier alpha value is -5.52. The van der Waals surface area contributed by atoms with Crippen molar-refractivity contribution >= 4 is 35.6 Å². The molecule has 4 rings (SSSR count). The van der Waals surface area contributed by atoms with Crippen LogP contribution in [0.25, 0.3) is 0 Å². The summed E-state index contributed by atoms with van der Waals surface area (Å²) in [4.78, 5) is 87.8. The fraction of sp³-hybridized carbons (Fsp3) is 0.455. The van der Waals surface area contributed by atoms with Crippen LogP contribution < -0.4 is 5.32 Å². The molecule has 0 saturated carbocycles. The number of benzene rings is 3. The van der Waals surface area contributed by atoms with Gasteiger partial charge in [0, 0.05) is 33.4 Å². The zero-order valence-electron chi connectivity index (χ0n) is 33.5. The van der Waals surface area contributed by atoms with Crippen LogP contribution in [0.1, 0.15) is 58.2 Å². The smallest absolute Gasteiger partial charge is 0.329 e. The summed E-state index contributed by atoms with van der Waals surface area (Å²) in [6, 6.07) is 23.3. The molecule has 0 aromatic heterocycles. The predicted octanol–water partition coefficient (Wildman–Crippen LogP) is 4.57. The number of rotatable bonds is 9. The second-order valence-corrected chi connectivity index (χ2v) is 15.4. The molecule has 1 N–H and O–H groups in total. The molecule has 12 heteroatoms. The van der Waals surface area contributed by atoms with Gasteiger partial charge < -0.3 is 29.3 Å². The highest BCUT2D eigenvalue weighted by atomic mass is 16.6. The van der Waals surface area contributed by atoms with E-state index in [1.807, 2.05) is 18.2 Å². The van der Waals surface area contributed by atoms with Gasteiger partial charge in [-0.1, -0.05) is 133 Å². The summed E-state index contributed by atoms with van der Waals surface area (Å²) in [5.41, 5.74) is 2.14. The van der Waals surface area contributed by atoms with Gasteiger partial charge in [0.2, 0.25) is 0 Å². The number of ether oxygens (including phenoxy) is 3. The van der Waals surface area contributed by atoms with E-state index >= 15 is 0 Å². The van der Waals surface area contributed by atoms with Crippen molar-refractivity contribution in [3.8, 4) is 0 Å². The molecule has 1 fully saturated rings.